The zero-order chi connectivity index (χ0) is 8.69. The fourth-order valence-corrected chi connectivity index (χ4v) is 2.24. The molecule has 5 heteroatoms. The van der Waals surface area contributed by atoms with E-state index < -0.39 is 10.8 Å². The summed E-state index contributed by atoms with van der Waals surface area (Å²) in [4.78, 5) is 3.97. The summed E-state index contributed by atoms with van der Waals surface area (Å²) in [6, 6.07) is 0. The third-order valence-electron chi connectivity index (χ3n) is 1.03. The van der Waals surface area contributed by atoms with E-state index in [9.17, 15) is 4.21 Å². The Kier molecular flexibility index (Phi) is 6.65. The Labute approximate surface area is 74.5 Å². The number of aliphatic imine (C=N–C) groups is 1. The van der Waals surface area contributed by atoms with E-state index in [0.717, 1.165) is 16.7 Å². The molecule has 0 spiro atoms. The van der Waals surface area contributed by atoms with Crippen molar-refractivity contribution in [1.29, 1.82) is 0 Å². The number of nitrogens with zero attached hydrogens (tertiary/aromatic N) is 1. The predicted molar refractivity (Wildman–Crippen MR) is 53.8 cm³/mol. The van der Waals surface area contributed by atoms with Gasteiger partial charge in [-0.15, -0.1) is 0 Å². The average Bonchev–Trinajstić information content (AvgIpc) is 1.98. The maximum absolute atomic E-state index is 10.6. The van der Waals surface area contributed by atoms with E-state index >= 15 is 0 Å². The average molecular weight is 194 g/mol. The van der Waals surface area contributed by atoms with Crippen LogP contribution in [0.15, 0.2) is 4.99 Å². The van der Waals surface area contributed by atoms with Crippen LogP contribution in [0, 0.1) is 0 Å². The van der Waals surface area contributed by atoms with Crippen molar-refractivity contribution in [1.82, 2.24) is 5.32 Å². The van der Waals surface area contributed by atoms with Gasteiger partial charge in [0.15, 0.2) is 5.17 Å². The smallest absolute Gasteiger partial charge is 0.156 e. The Hall–Kier alpha value is -0.0300. The van der Waals surface area contributed by atoms with Crippen LogP contribution < -0.4 is 5.32 Å². The van der Waals surface area contributed by atoms with Gasteiger partial charge in [-0.2, -0.15) is 0 Å². The lowest BCUT2D eigenvalue weighted by Gasteiger charge is -2.01. The molecule has 0 aliphatic rings. The van der Waals surface area contributed by atoms with E-state index in [-0.39, 0.29) is 0 Å². The highest BCUT2D eigenvalue weighted by atomic mass is 32.2. The predicted octanol–water partition coefficient (Wildman–Crippen LogP) is 0.303. The summed E-state index contributed by atoms with van der Waals surface area (Å²) < 4.78 is 10.6. The monoisotopic (exact) mass is 194 g/mol. The van der Waals surface area contributed by atoms with Crippen molar-refractivity contribution in [2.45, 2.75) is 0 Å². The van der Waals surface area contributed by atoms with E-state index in [1.807, 2.05) is 7.05 Å². The van der Waals surface area contributed by atoms with Gasteiger partial charge in [0.25, 0.3) is 0 Å². The van der Waals surface area contributed by atoms with E-state index in [0.29, 0.717) is 0 Å². The van der Waals surface area contributed by atoms with Gasteiger partial charge in [0.2, 0.25) is 0 Å². The highest BCUT2D eigenvalue weighted by Gasteiger charge is 1.96. The summed E-state index contributed by atoms with van der Waals surface area (Å²) >= 11 is 1.60. The number of hydrogen-bond donors (Lipinski definition) is 1. The van der Waals surface area contributed by atoms with Gasteiger partial charge in [-0.25, -0.2) is 0 Å². The second kappa shape index (κ2) is 6.67. The molecular weight excluding hydrogens is 180 g/mol. The van der Waals surface area contributed by atoms with Crippen molar-refractivity contribution >= 4 is 27.7 Å². The molecule has 0 saturated heterocycles. The lowest BCUT2D eigenvalue weighted by Crippen LogP contribution is -2.15. The molecule has 0 aromatic carbocycles. The number of rotatable bonds is 3. The lowest BCUT2D eigenvalue weighted by molar-refractivity contribution is 0.687. The van der Waals surface area contributed by atoms with Crippen LogP contribution in [-0.4, -0.2) is 41.2 Å². The SMILES string of the molecule is CN=C(NC)SCCS(C)=O. The zero-order valence-electron chi connectivity index (χ0n) is 7.09. The molecule has 0 aromatic rings. The Bertz CT molecular complexity index is 159. The molecule has 11 heavy (non-hydrogen) atoms. The van der Waals surface area contributed by atoms with Gasteiger partial charge in [-0.05, 0) is 0 Å². The molecule has 0 aliphatic heterocycles. The first-order valence-corrected chi connectivity index (χ1v) is 5.99. The van der Waals surface area contributed by atoms with Crippen LogP contribution in [0.1, 0.15) is 0 Å². The highest BCUT2D eigenvalue weighted by molar-refractivity contribution is 8.14. The highest BCUT2D eigenvalue weighted by Crippen LogP contribution is 2.00. The number of nitrogens with one attached hydrogen (secondary N) is 1. The van der Waals surface area contributed by atoms with Gasteiger partial charge >= 0.3 is 0 Å². The van der Waals surface area contributed by atoms with Crippen LogP contribution in [0.4, 0.5) is 0 Å². The van der Waals surface area contributed by atoms with Gasteiger partial charge < -0.3 is 5.32 Å². The maximum atomic E-state index is 10.6. The maximum Gasteiger partial charge on any atom is 0.156 e. The molecule has 1 N–H and O–H groups in total. The molecule has 1 atom stereocenters. The van der Waals surface area contributed by atoms with Crippen molar-refractivity contribution in [3.8, 4) is 0 Å². The van der Waals surface area contributed by atoms with E-state index in [1.54, 1.807) is 25.1 Å². The second-order valence-corrected chi connectivity index (χ2v) is 4.54. The molecule has 0 aromatic heterocycles. The van der Waals surface area contributed by atoms with Gasteiger partial charge in [-0.1, -0.05) is 11.8 Å². The zero-order valence-corrected chi connectivity index (χ0v) is 8.72. The molecular formula is C6H14N2OS2. The lowest BCUT2D eigenvalue weighted by atomic mass is 11.0. The minimum Gasteiger partial charge on any atom is -0.368 e. The van der Waals surface area contributed by atoms with Crippen LogP contribution in [-0.2, 0) is 10.8 Å². The Morgan fingerprint density at radius 2 is 2.36 bits per heavy atom. The summed E-state index contributed by atoms with van der Waals surface area (Å²) in [5.41, 5.74) is 0. The van der Waals surface area contributed by atoms with Crippen molar-refractivity contribution < 1.29 is 4.21 Å². The minimum absolute atomic E-state index is 0.690. The first-order chi connectivity index (χ1) is 5.20. The van der Waals surface area contributed by atoms with Crippen molar-refractivity contribution in [3.63, 3.8) is 0 Å². The summed E-state index contributed by atoms with van der Waals surface area (Å²) in [7, 11) is 2.88. The quantitative estimate of drug-likeness (QED) is 0.519. The third-order valence-corrected chi connectivity index (χ3v) is 3.13. The molecule has 66 valence electrons. The van der Waals surface area contributed by atoms with Crippen LogP contribution in [0.5, 0.6) is 0 Å². The van der Waals surface area contributed by atoms with Crippen LogP contribution in [0.3, 0.4) is 0 Å². The Morgan fingerprint density at radius 3 is 2.73 bits per heavy atom. The van der Waals surface area contributed by atoms with Gasteiger partial charge in [-0.3, -0.25) is 9.20 Å². The fraction of sp³-hybridized carbons (Fsp3) is 0.833. The summed E-state index contributed by atoms with van der Waals surface area (Å²) in [5, 5.41) is 3.84. The van der Waals surface area contributed by atoms with Crippen molar-refractivity contribution in [2.75, 3.05) is 31.9 Å². The molecule has 3 nitrogen and oxygen atoms in total. The van der Waals surface area contributed by atoms with Crippen molar-refractivity contribution in [3.05, 3.63) is 0 Å². The Morgan fingerprint density at radius 1 is 1.73 bits per heavy atom. The van der Waals surface area contributed by atoms with Crippen LogP contribution >= 0.6 is 11.8 Å². The number of hydrogen-bond acceptors (Lipinski definition) is 3. The summed E-state index contributed by atoms with van der Waals surface area (Å²) in [6.07, 6.45) is 1.71. The first-order valence-electron chi connectivity index (χ1n) is 3.28. The van der Waals surface area contributed by atoms with E-state index in [4.69, 9.17) is 0 Å². The molecule has 0 radical (unpaired) electrons. The van der Waals surface area contributed by atoms with E-state index in [1.165, 1.54) is 0 Å². The first kappa shape index (κ1) is 11.0. The number of thioether (sulfide) groups is 1. The molecule has 0 fully saturated rings. The minimum atomic E-state index is -0.690. The fourth-order valence-electron chi connectivity index (χ4n) is 0.504. The van der Waals surface area contributed by atoms with Gasteiger partial charge in [0, 0.05) is 42.7 Å². The molecule has 0 heterocycles. The van der Waals surface area contributed by atoms with E-state index in [2.05, 4.69) is 10.3 Å². The molecule has 0 saturated carbocycles. The Balaban J connectivity index is 3.45. The number of amidine groups is 1. The summed E-state index contributed by atoms with van der Waals surface area (Å²) in [6.45, 7) is 0. The topological polar surface area (TPSA) is 41.5 Å². The molecule has 1 unspecified atom stereocenters. The van der Waals surface area contributed by atoms with Crippen molar-refractivity contribution in [2.24, 2.45) is 4.99 Å². The molecule has 0 bridgehead atoms. The molecule has 0 rings (SSSR count). The summed E-state index contributed by atoms with van der Waals surface area (Å²) in [5.74, 6) is 1.59. The standard InChI is InChI=1S/C6H14N2OS2/c1-7-6(8-2)10-4-5-11(3)9/h4-5H2,1-3H3,(H,7,8). The largest absolute Gasteiger partial charge is 0.368 e. The normalized spacial score (nSPS) is 14.6. The van der Waals surface area contributed by atoms with Gasteiger partial charge in [0.05, 0.1) is 0 Å². The van der Waals surface area contributed by atoms with Crippen LogP contribution in [0.25, 0.3) is 0 Å². The molecule has 0 amide bonds. The molecule has 0 aliphatic carbocycles. The second-order valence-electron chi connectivity index (χ2n) is 1.90. The van der Waals surface area contributed by atoms with Gasteiger partial charge in [0.1, 0.15) is 0 Å². The third kappa shape index (κ3) is 6.37. The van der Waals surface area contributed by atoms with Crippen LogP contribution in [0.2, 0.25) is 0 Å².